The van der Waals surface area contributed by atoms with Crippen molar-refractivity contribution < 1.29 is 5.11 Å². The van der Waals surface area contributed by atoms with E-state index >= 15 is 0 Å². The highest BCUT2D eigenvalue weighted by atomic mass is 16.3. The zero-order chi connectivity index (χ0) is 13.4. The molecule has 1 saturated heterocycles. The van der Waals surface area contributed by atoms with Gasteiger partial charge in [0.25, 0.3) is 0 Å². The fraction of sp³-hybridized carbons (Fsp3) is 0.625. The Hall–Kier alpha value is -1.06. The number of rotatable bonds is 2. The topological polar surface area (TPSA) is 49.5 Å². The maximum atomic E-state index is 10.1. The minimum atomic E-state index is 0.487. The second-order valence-corrected chi connectivity index (χ2v) is 6.13. The molecule has 2 aliphatic rings. The third kappa shape index (κ3) is 2.26. The molecular formula is C16H24N2O. The van der Waals surface area contributed by atoms with Crippen molar-refractivity contribution in [2.75, 3.05) is 20.1 Å². The van der Waals surface area contributed by atoms with Gasteiger partial charge in [-0.15, -0.1) is 0 Å². The molecule has 0 aromatic heterocycles. The first-order chi connectivity index (χ1) is 9.20. The fourth-order valence-electron chi connectivity index (χ4n) is 3.83. The lowest BCUT2D eigenvalue weighted by atomic mass is 9.84. The summed E-state index contributed by atoms with van der Waals surface area (Å²) in [4.78, 5) is 2.43. The number of nitrogens with two attached hydrogens (primary N) is 1. The molecular weight excluding hydrogens is 236 g/mol. The minimum absolute atomic E-state index is 0.487. The fourth-order valence-corrected chi connectivity index (χ4v) is 3.83. The molecule has 0 bridgehead atoms. The summed E-state index contributed by atoms with van der Waals surface area (Å²) in [6, 6.07) is 4.52. The minimum Gasteiger partial charge on any atom is -0.508 e. The summed E-state index contributed by atoms with van der Waals surface area (Å²) in [6.45, 7) is 1.87. The van der Waals surface area contributed by atoms with Gasteiger partial charge in [0, 0.05) is 12.6 Å². The Balaban J connectivity index is 1.97. The van der Waals surface area contributed by atoms with Crippen LogP contribution in [0.4, 0.5) is 0 Å². The van der Waals surface area contributed by atoms with Crippen molar-refractivity contribution in [1.82, 2.24) is 4.90 Å². The van der Waals surface area contributed by atoms with E-state index in [1.165, 1.54) is 29.5 Å². The van der Waals surface area contributed by atoms with E-state index in [0.29, 0.717) is 17.7 Å². The number of nitrogens with zero attached hydrogens (tertiary/aromatic N) is 1. The summed E-state index contributed by atoms with van der Waals surface area (Å²) in [5, 5.41) is 10.1. The molecule has 2 unspecified atom stereocenters. The van der Waals surface area contributed by atoms with Gasteiger partial charge < -0.3 is 10.8 Å². The molecule has 1 aliphatic heterocycles. The average molecular weight is 260 g/mol. The predicted molar refractivity (Wildman–Crippen MR) is 77.3 cm³/mol. The highest BCUT2D eigenvalue weighted by Crippen LogP contribution is 2.40. The number of fused-ring (bicyclic) bond motifs is 1. The number of phenols is 1. The van der Waals surface area contributed by atoms with Gasteiger partial charge in [-0.25, -0.2) is 0 Å². The van der Waals surface area contributed by atoms with E-state index in [0.717, 1.165) is 32.4 Å². The average Bonchev–Trinajstić information content (AvgIpc) is 2.81. The molecule has 3 heteroatoms. The second kappa shape index (κ2) is 5.14. The number of benzene rings is 1. The van der Waals surface area contributed by atoms with Crippen LogP contribution in [0.2, 0.25) is 0 Å². The molecule has 0 radical (unpaired) electrons. The van der Waals surface area contributed by atoms with Crippen molar-refractivity contribution in [2.24, 2.45) is 11.7 Å². The highest BCUT2D eigenvalue weighted by molar-refractivity contribution is 5.47. The van der Waals surface area contributed by atoms with Crippen LogP contribution in [0.15, 0.2) is 12.1 Å². The van der Waals surface area contributed by atoms with E-state index in [1.54, 1.807) is 0 Å². The van der Waals surface area contributed by atoms with E-state index in [-0.39, 0.29) is 0 Å². The SMILES string of the molecule is CN1CC(CN)CC1c1ccc(O)c2c1CCCC2. The van der Waals surface area contributed by atoms with Gasteiger partial charge in [-0.05, 0) is 74.4 Å². The summed E-state index contributed by atoms with van der Waals surface area (Å²) >= 11 is 0. The second-order valence-electron chi connectivity index (χ2n) is 6.13. The normalized spacial score (nSPS) is 27.5. The third-order valence-corrected chi connectivity index (χ3v) is 4.87. The first-order valence-electron chi connectivity index (χ1n) is 7.44. The Morgan fingerprint density at radius 1 is 1.26 bits per heavy atom. The molecule has 1 aliphatic carbocycles. The lowest BCUT2D eigenvalue weighted by molar-refractivity contribution is 0.311. The van der Waals surface area contributed by atoms with E-state index in [9.17, 15) is 5.11 Å². The molecule has 3 rings (SSSR count). The van der Waals surface area contributed by atoms with Gasteiger partial charge in [0.1, 0.15) is 5.75 Å². The molecule has 3 N–H and O–H groups in total. The quantitative estimate of drug-likeness (QED) is 0.857. The lowest BCUT2D eigenvalue weighted by Crippen LogP contribution is -2.21. The van der Waals surface area contributed by atoms with Crippen LogP contribution in [-0.2, 0) is 12.8 Å². The van der Waals surface area contributed by atoms with E-state index in [2.05, 4.69) is 18.0 Å². The van der Waals surface area contributed by atoms with Crippen molar-refractivity contribution in [3.63, 3.8) is 0 Å². The van der Waals surface area contributed by atoms with Gasteiger partial charge in [0.05, 0.1) is 0 Å². The van der Waals surface area contributed by atoms with Crippen molar-refractivity contribution >= 4 is 0 Å². The Morgan fingerprint density at radius 3 is 2.68 bits per heavy atom. The first-order valence-corrected chi connectivity index (χ1v) is 7.44. The summed E-state index contributed by atoms with van der Waals surface area (Å²) in [5.41, 5.74) is 9.89. The Morgan fingerprint density at radius 2 is 2.00 bits per heavy atom. The molecule has 1 aromatic carbocycles. The van der Waals surface area contributed by atoms with E-state index in [1.807, 2.05) is 6.07 Å². The number of hydrogen-bond acceptors (Lipinski definition) is 3. The van der Waals surface area contributed by atoms with Crippen LogP contribution in [0.1, 0.15) is 42.0 Å². The van der Waals surface area contributed by atoms with E-state index < -0.39 is 0 Å². The third-order valence-electron chi connectivity index (χ3n) is 4.87. The van der Waals surface area contributed by atoms with Crippen LogP contribution in [0.25, 0.3) is 0 Å². The van der Waals surface area contributed by atoms with Crippen molar-refractivity contribution in [3.05, 3.63) is 28.8 Å². The van der Waals surface area contributed by atoms with Gasteiger partial charge in [-0.1, -0.05) is 6.07 Å². The molecule has 0 amide bonds. The van der Waals surface area contributed by atoms with Gasteiger partial charge in [0.2, 0.25) is 0 Å². The van der Waals surface area contributed by atoms with Crippen molar-refractivity contribution in [1.29, 1.82) is 0 Å². The molecule has 3 nitrogen and oxygen atoms in total. The molecule has 0 spiro atoms. The Bertz CT molecular complexity index is 472. The highest BCUT2D eigenvalue weighted by Gasteiger charge is 2.32. The standard InChI is InChI=1S/C16H24N2O/c1-18-10-11(9-17)8-15(18)13-6-7-16(19)14-5-3-2-4-12(13)14/h6-7,11,15,19H,2-5,8-10,17H2,1H3. The molecule has 19 heavy (non-hydrogen) atoms. The smallest absolute Gasteiger partial charge is 0.119 e. The van der Waals surface area contributed by atoms with Gasteiger partial charge in [-0.2, -0.15) is 0 Å². The lowest BCUT2D eigenvalue weighted by Gasteiger charge is -2.27. The van der Waals surface area contributed by atoms with Crippen LogP contribution >= 0.6 is 0 Å². The molecule has 0 saturated carbocycles. The van der Waals surface area contributed by atoms with E-state index in [4.69, 9.17) is 5.73 Å². The number of likely N-dealkylation sites (tertiary alicyclic amines) is 1. The van der Waals surface area contributed by atoms with Crippen LogP contribution in [0.5, 0.6) is 5.75 Å². The maximum Gasteiger partial charge on any atom is 0.119 e. The van der Waals surface area contributed by atoms with Gasteiger partial charge >= 0.3 is 0 Å². The van der Waals surface area contributed by atoms with Crippen LogP contribution < -0.4 is 5.73 Å². The molecule has 2 atom stereocenters. The number of phenolic OH excluding ortho intramolecular Hbond substituents is 1. The van der Waals surface area contributed by atoms with Crippen LogP contribution in [0, 0.1) is 5.92 Å². The van der Waals surface area contributed by atoms with Crippen molar-refractivity contribution in [3.8, 4) is 5.75 Å². The number of hydrogen-bond donors (Lipinski definition) is 2. The van der Waals surface area contributed by atoms with Crippen LogP contribution in [-0.4, -0.2) is 30.1 Å². The molecule has 104 valence electrons. The predicted octanol–water partition coefficient (Wildman–Crippen LogP) is 2.22. The first kappa shape index (κ1) is 12.9. The monoisotopic (exact) mass is 260 g/mol. The summed E-state index contributed by atoms with van der Waals surface area (Å²) in [7, 11) is 2.20. The zero-order valence-electron chi connectivity index (χ0n) is 11.7. The molecule has 1 heterocycles. The maximum absolute atomic E-state index is 10.1. The summed E-state index contributed by atoms with van der Waals surface area (Å²) in [6.07, 6.45) is 5.77. The van der Waals surface area contributed by atoms with Crippen LogP contribution in [0.3, 0.4) is 0 Å². The zero-order valence-corrected chi connectivity index (χ0v) is 11.7. The molecule has 1 aromatic rings. The van der Waals surface area contributed by atoms with Crippen molar-refractivity contribution in [2.45, 2.75) is 38.1 Å². The number of aromatic hydroxyl groups is 1. The molecule has 1 fully saturated rings. The summed E-state index contributed by atoms with van der Waals surface area (Å²) in [5.74, 6) is 1.11. The van der Waals surface area contributed by atoms with Gasteiger partial charge in [0.15, 0.2) is 0 Å². The van der Waals surface area contributed by atoms with Gasteiger partial charge in [-0.3, -0.25) is 4.90 Å². The largest absolute Gasteiger partial charge is 0.508 e. The Kier molecular flexibility index (Phi) is 3.50. The Labute approximate surface area is 115 Å². The summed E-state index contributed by atoms with van der Waals surface area (Å²) < 4.78 is 0.